The second-order valence-corrected chi connectivity index (χ2v) is 8.21. The van der Waals surface area contributed by atoms with Crippen LogP contribution in [0.15, 0.2) is 16.3 Å². The molecular formula is C18H22N2O3S2. The number of hydrogen-bond acceptors (Lipinski definition) is 6. The van der Waals surface area contributed by atoms with E-state index < -0.39 is 0 Å². The van der Waals surface area contributed by atoms with Crippen molar-refractivity contribution >= 4 is 28.6 Å². The summed E-state index contributed by atoms with van der Waals surface area (Å²) in [6, 6.07) is -0.112. The minimum atomic E-state index is -0.112. The lowest BCUT2D eigenvalue weighted by Crippen LogP contribution is -2.50. The number of rotatable bonds is 5. The van der Waals surface area contributed by atoms with Crippen LogP contribution in [0, 0.1) is 0 Å². The molecule has 1 N–H and O–H groups in total. The van der Waals surface area contributed by atoms with Crippen molar-refractivity contribution in [3.63, 3.8) is 0 Å². The van der Waals surface area contributed by atoms with Crippen LogP contribution in [0.4, 0.5) is 0 Å². The molecule has 2 aliphatic rings. The van der Waals surface area contributed by atoms with E-state index >= 15 is 0 Å². The van der Waals surface area contributed by atoms with Crippen molar-refractivity contribution in [2.24, 2.45) is 0 Å². The van der Waals surface area contributed by atoms with Crippen LogP contribution in [-0.4, -0.2) is 36.3 Å². The molecule has 3 heterocycles. The van der Waals surface area contributed by atoms with E-state index in [9.17, 15) is 4.79 Å². The summed E-state index contributed by atoms with van der Waals surface area (Å²) in [6.07, 6.45) is 5.30. The zero-order chi connectivity index (χ0) is 17.1. The molecule has 0 bridgehead atoms. The fourth-order valence-electron chi connectivity index (χ4n) is 3.48. The minimum Gasteiger partial charge on any atom is -0.379 e. The maximum Gasteiger partial charge on any atom is 0.252 e. The Balaban J connectivity index is 1.40. The van der Waals surface area contributed by atoms with Crippen LogP contribution >= 0.6 is 22.7 Å². The summed E-state index contributed by atoms with van der Waals surface area (Å²) in [7, 11) is 0. The second-order valence-electron chi connectivity index (χ2n) is 6.53. The fourth-order valence-corrected chi connectivity index (χ4v) is 5.15. The Labute approximate surface area is 155 Å². The maximum atomic E-state index is 12.8. The molecule has 0 unspecified atom stereocenters. The van der Waals surface area contributed by atoms with Crippen molar-refractivity contribution < 1.29 is 14.3 Å². The summed E-state index contributed by atoms with van der Waals surface area (Å²) in [4.78, 5) is 18.4. The minimum absolute atomic E-state index is 0.0113. The zero-order valence-corrected chi connectivity index (χ0v) is 15.7. The lowest BCUT2D eigenvalue weighted by atomic mass is 9.95. The first-order valence-electron chi connectivity index (χ1n) is 8.78. The van der Waals surface area contributed by atoms with Gasteiger partial charge in [-0.15, -0.1) is 22.7 Å². The standard InChI is InChI=1S/C18H22N2O3S2/c21-18(14-10-25-17-4-2-1-3-13(14)17)20-15-8-22-6-5-16(15)23-7-12-9-24-11-19-12/h9-11,15-16H,1-8H2,(H,20,21)/t15-,16+/m1/s1. The number of thiophene rings is 1. The second kappa shape index (κ2) is 7.95. The van der Waals surface area contributed by atoms with Crippen molar-refractivity contribution in [3.8, 4) is 0 Å². The van der Waals surface area contributed by atoms with Gasteiger partial charge in [-0.2, -0.15) is 0 Å². The van der Waals surface area contributed by atoms with E-state index in [2.05, 4.69) is 10.3 Å². The molecular weight excluding hydrogens is 356 g/mol. The summed E-state index contributed by atoms with van der Waals surface area (Å²) in [6.45, 7) is 1.65. The third-order valence-corrected chi connectivity index (χ3v) is 6.57. The number of aryl methyl sites for hydroxylation is 1. The number of ether oxygens (including phenoxy) is 2. The Kier molecular flexibility index (Phi) is 5.45. The van der Waals surface area contributed by atoms with E-state index in [4.69, 9.17) is 9.47 Å². The Bertz CT molecular complexity index is 714. The lowest BCUT2D eigenvalue weighted by Gasteiger charge is -2.32. The highest BCUT2D eigenvalue weighted by Crippen LogP contribution is 2.30. The maximum absolute atomic E-state index is 12.8. The Morgan fingerprint density at radius 3 is 3.16 bits per heavy atom. The molecule has 2 aromatic rings. The molecule has 1 amide bonds. The van der Waals surface area contributed by atoms with Gasteiger partial charge in [0, 0.05) is 22.2 Å². The average Bonchev–Trinajstić information content (AvgIpc) is 3.30. The van der Waals surface area contributed by atoms with Crippen LogP contribution in [0.3, 0.4) is 0 Å². The van der Waals surface area contributed by atoms with Crippen LogP contribution in [0.2, 0.25) is 0 Å². The van der Waals surface area contributed by atoms with Crippen LogP contribution in [0.25, 0.3) is 0 Å². The fraction of sp³-hybridized carbons (Fsp3) is 0.556. The van der Waals surface area contributed by atoms with E-state index in [0.717, 1.165) is 30.5 Å². The normalized spacial score (nSPS) is 23.2. The Morgan fingerprint density at radius 2 is 2.28 bits per heavy atom. The molecule has 2 aromatic heterocycles. The number of hydrogen-bond donors (Lipinski definition) is 1. The molecule has 2 atom stereocenters. The van der Waals surface area contributed by atoms with E-state index in [1.165, 1.54) is 23.3 Å². The van der Waals surface area contributed by atoms with Gasteiger partial charge in [-0.05, 0) is 37.7 Å². The monoisotopic (exact) mass is 378 g/mol. The largest absolute Gasteiger partial charge is 0.379 e. The first kappa shape index (κ1) is 17.1. The van der Waals surface area contributed by atoms with E-state index in [1.807, 2.05) is 16.3 Å². The molecule has 1 aliphatic carbocycles. The number of carbonyl (C=O) groups excluding carboxylic acids is 1. The van der Waals surface area contributed by atoms with Crippen LogP contribution in [0.5, 0.6) is 0 Å². The number of thiazole rings is 1. The van der Waals surface area contributed by atoms with Gasteiger partial charge in [0.2, 0.25) is 0 Å². The summed E-state index contributed by atoms with van der Waals surface area (Å²) in [5, 5.41) is 7.16. The lowest BCUT2D eigenvalue weighted by molar-refractivity contribution is -0.0611. The number of carbonyl (C=O) groups is 1. The van der Waals surface area contributed by atoms with E-state index in [0.29, 0.717) is 19.8 Å². The number of fused-ring (bicyclic) bond motifs is 1. The van der Waals surface area contributed by atoms with Gasteiger partial charge in [-0.25, -0.2) is 4.98 Å². The first-order chi connectivity index (χ1) is 12.3. The molecule has 1 saturated heterocycles. The van der Waals surface area contributed by atoms with Gasteiger partial charge in [-0.1, -0.05) is 0 Å². The van der Waals surface area contributed by atoms with Gasteiger partial charge in [0.05, 0.1) is 42.1 Å². The molecule has 134 valence electrons. The summed E-state index contributed by atoms with van der Waals surface area (Å²) < 4.78 is 11.6. The third-order valence-electron chi connectivity index (χ3n) is 4.84. The quantitative estimate of drug-likeness (QED) is 0.868. The molecule has 0 spiro atoms. The van der Waals surface area contributed by atoms with Gasteiger partial charge in [0.25, 0.3) is 5.91 Å². The van der Waals surface area contributed by atoms with Crippen LogP contribution < -0.4 is 5.32 Å². The van der Waals surface area contributed by atoms with Crippen molar-refractivity contribution in [3.05, 3.63) is 38.0 Å². The smallest absolute Gasteiger partial charge is 0.252 e. The van der Waals surface area contributed by atoms with Gasteiger partial charge in [0.15, 0.2) is 0 Å². The summed E-state index contributed by atoms with van der Waals surface area (Å²) in [5.74, 6) is 0.0113. The molecule has 4 rings (SSSR count). The van der Waals surface area contributed by atoms with Crippen molar-refractivity contribution in [1.29, 1.82) is 0 Å². The number of nitrogens with one attached hydrogen (secondary N) is 1. The molecule has 1 aliphatic heterocycles. The SMILES string of the molecule is O=C(N[C@@H]1COCC[C@@H]1OCc1cscn1)c1csc2c1CCCC2. The molecule has 7 heteroatoms. The molecule has 5 nitrogen and oxygen atoms in total. The van der Waals surface area contributed by atoms with Gasteiger partial charge in [0.1, 0.15) is 0 Å². The van der Waals surface area contributed by atoms with Gasteiger partial charge >= 0.3 is 0 Å². The van der Waals surface area contributed by atoms with Crippen molar-refractivity contribution in [1.82, 2.24) is 10.3 Å². The van der Waals surface area contributed by atoms with Crippen LogP contribution in [0.1, 0.15) is 45.8 Å². The van der Waals surface area contributed by atoms with Crippen molar-refractivity contribution in [2.75, 3.05) is 13.2 Å². The van der Waals surface area contributed by atoms with Crippen molar-refractivity contribution in [2.45, 2.75) is 50.9 Å². The van der Waals surface area contributed by atoms with E-state index in [1.54, 1.807) is 22.7 Å². The number of aromatic nitrogens is 1. The number of amides is 1. The third kappa shape index (κ3) is 3.95. The predicted molar refractivity (Wildman–Crippen MR) is 98.3 cm³/mol. The molecule has 0 radical (unpaired) electrons. The molecule has 25 heavy (non-hydrogen) atoms. The highest BCUT2D eigenvalue weighted by molar-refractivity contribution is 7.10. The Morgan fingerprint density at radius 1 is 1.36 bits per heavy atom. The summed E-state index contributed by atoms with van der Waals surface area (Å²) >= 11 is 3.29. The van der Waals surface area contributed by atoms with E-state index in [-0.39, 0.29) is 18.1 Å². The van der Waals surface area contributed by atoms with Gasteiger partial charge < -0.3 is 14.8 Å². The highest BCUT2D eigenvalue weighted by atomic mass is 32.1. The van der Waals surface area contributed by atoms with Gasteiger partial charge in [-0.3, -0.25) is 4.79 Å². The Hall–Kier alpha value is -1.28. The highest BCUT2D eigenvalue weighted by Gasteiger charge is 2.30. The number of nitrogens with zero attached hydrogens (tertiary/aromatic N) is 1. The predicted octanol–water partition coefficient (Wildman–Crippen LogP) is 3.19. The topological polar surface area (TPSA) is 60.5 Å². The molecule has 1 fully saturated rings. The average molecular weight is 379 g/mol. The first-order valence-corrected chi connectivity index (χ1v) is 10.6. The zero-order valence-electron chi connectivity index (χ0n) is 14.0. The van der Waals surface area contributed by atoms with Crippen LogP contribution in [-0.2, 0) is 28.9 Å². The molecule has 0 saturated carbocycles. The summed E-state index contributed by atoms with van der Waals surface area (Å²) in [5.41, 5.74) is 4.85. The molecule has 0 aromatic carbocycles.